The Hall–Kier alpha value is -2.57. The topological polar surface area (TPSA) is 107 Å². The number of phenolic OH excluding ortho intramolecular Hbond substituents is 1. The number of benzene rings is 1. The Morgan fingerprint density at radius 2 is 2.19 bits per heavy atom. The number of primary amides is 1. The molecule has 112 valence electrons. The van der Waals surface area contributed by atoms with E-state index in [1.165, 1.54) is 22.9 Å². The first kappa shape index (κ1) is 14.8. The highest BCUT2D eigenvalue weighted by molar-refractivity contribution is 6.04. The summed E-state index contributed by atoms with van der Waals surface area (Å²) in [7, 11) is 0. The zero-order valence-electron chi connectivity index (χ0n) is 11.7. The number of aromatic hydroxyl groups is 1. The average Bonchev–Trinajstić information content (AvgIpc) is 2.77. The summed E-state index contributed by atoms with van der Waals surface area (Å²) >= 11 is 0. The Bertz CT molecular complexity index is 678. The SMILES string of the molecule is CCCCOC(=O)Cn1nc(C(N)=O)c2ccc(O)cc21. The van der Waals surface area contributed by atoms with Crippen molar-refractivity contribution in [3.63, 3.8) is 0 Å². The quantitative estimate of drug-likeness (QED) is 0.614. The zero-order valence-corrected chi connectivity index (χ0v) is 11.7. The van der Waals surface area contributed by atoms with Crippen LogP contribution < -0.4 is 5.73 Å². The van der Waals surface area contributed by atoms with Crippen molar-refractivity contribution in [1.82, 2.24) is 9.78 Å². The first-order chi connectivity index (χ1) is 10.0. The van der Waals surface area contributed by atoms with E-state index in [2.05, 4.69) is 5.10 Å². The third kappa shape index (κ3) is 3.31. The number of fused-ring (bicyclic) bond motifs is 1. The van der Waals surface area contributed by atoms with Gasteiger partial charge in [-0.15, -0.1) is 0 Å². The minimum Gasteiger partial charge on any atom is -0.508 e. The summed E-state index contributed by atoms with van der Waals surface area (Å²) in [6.07, 6.45) is 1.72. The van der Waals surface area contributed by atoms with Gasteiger partial charge in [-0.25, -0.2) is 0 Å². The van der Waals surface area contributed by atoms with Crippen molar-refractivity contribution in [3.05, 3.63) is 23.9 Å². The standard InChI is InChI=1S/C14H17N3O4/c1-2-3-6-21-12(19)8-17-11-7-9(18)4-5-10(11)13(16-17)14(15)20/h4-5,7,18H,2-3,6,8H2,1H3,(H2,15,20). The Kier molecular flexibility index (Phi) is 4.42. The molecule has 1 aromatic carbocycles. The summed E-state index contributed by atoms with van der Waals surface area (Å²) in [5.41, 5.74) is 5.78. The number of hydrogen-bond donors (Lipinski definition) is 2. The van der Waals surface area contributed by atoms with Crippen molar-refractivity contribution in [2.24, 2.45) is 5.73 Å². The van der Waals surface area contributed by atoms with Gasteiger partial charge in [0.1, 0.15) is 12.3 Å². The Morgan fingerprint density at radius 1 is 1.43 bits per heavy atom. The molecule has 7 heteroatoms. The first-order valence-electron chi connectivity index (χ1n) is 6.68. The van der Waals surface area contributed by atoms with Crippen LogP contribution in [0, 0.1) is 0 Å². The number of unbranched alkanes of at least 4 members (excludes halogenated alkanes) is 1. The fraction of sp³-hybridized carbons (Fsp3) is 0.357. The van der Waals surface area contributed by atoms with Crippen molar-refractivity contribution in [1.29, 1.82) is 0 Å². The molecule has 0 saturated heterocycles. The van der Waals surface area contributed by atoms with Crippen molar-refractivity contribution in [2.75, 3.05) is 6.61 Å². The number of hydrogen-bond acceptors (Lipinski definition) is 5. The average molecular weight is 291 g/mol. The second-order valence-corrected chi connectivity index (χ2v) is 4.65. The van der Waals surface area contributed by atoms with E-state index in [0.717, 1.165) is 12.8 Å². The van der Waals surface area contributed by atoms with Gasteiger partial charge < -0.3 is 15.6 Å². The van der Waals surface area contributed by atoms with Crippen LogP contribution in [-0.2, 0) is 16.1 Å². The molecule has 2 aromatic rings. The van der Waals surface area contributed by atoms with Gasteiger partial charge in [0.15, 0.2) is 5.69 Å². The molecular weight excluding hydrogens is 274 g/mol. The van der Waals surface area contributed by atoms with E-state index in [1.54, 1.807) is 0 Å². The molecule has 0 spiro atoms. The number of phenols is 1. The van der Waals surface area contributed by atoms with Crippen LogP contribution in [0.5, 0.6) is 5.75 Å². The van der Waals surface area contributed by atoms with Gasteiger partial charge >= 0.3 is 5.97 Å². The highest BCUT2D eigenvalue weighted by Gasteiger charge is 2.17. The van der Waals surface area contributed by atoms with Crippen LogP contribution in [0.1, 0.15) is 30.3 Å². The van der Waals surface area contributed by atoms with Gasteiger partial charge in [-0.3, -0.25) is 14.3 Å². The maximum absolute atomic E-state index is 11.7. The molecule has 3 N–H and O–H groups in total. The molecule has 1 amide bonds. The summed E-state index contributed by atoms with van der Waals surface area (Å²) in [5.74, 6) is -1.13. The molecule has 1 aromatic heterocycles. The van der Waals surface area contributed by atoms with E-state index < -0.39 is 11.9 Å². The molecule has 2 rings (SSSR count). The minimum atomic E-state index is -0.691. The van der Waals surface area contributed by atoms with E-state index in [9.17, 15) is 14.7 Å². The van der Waals surface area contributed by atoms with E-state index in [4.69, 9.17) is 10.5 Å². The highest BCUT2D eigenvalue weighted by Crippen LogP contribution is 2.23. The second-order valence-electron chi connectivity index (χ2n) is 4.65. The maximum atomic E-state index is 11.7. The third-order valence-corrected chi connectivity index (χ3v) is 3.01. The zero-order chi connectivity index (χ0) is 15.4. The lowest BCUT2D eigenvalue weighted by molar-refractivity contribution is -0.144. The van der Waals surface area contributed by atoms with Crippen LogP contribution in [-0.4, -0.2) is 33.4 Å². The van der Waals surface area contributed by atoms with Crippen LogP contribution in [0.2, 0.25) is 0 Å². The summed E-state index contributed by atoms with van der Waals surface area (Å²) in [6, 6.07) is 4.39. The van der Waals surface area contributed by atoms with Gasteiger partial charge in [0.2, 0.25) is 0 Å². The molecule has 0 atom stereocenters. The number of nitrogens with zero attached hydrogens (tertiary/aromatic N) is 2. The van der Waals surface area contributed by atoms with Crippen LogP contribution in [0.15, 0.2) is 18.2 Å². The number of rotatable bonds is 6. The molecule has 0 aliphatic rings. The summed E-state index contributed by atoms with van der Waals surface area (Å²) in [5, 5.41) is 14.1. The third-order valence-electron chi connectivity index (χ3n) is 3.01. The molecule has 0 aliphatic heterocycles. The summed E-state index contributed by atoms with van der Waals surface area (Å²) < 4.78 is 6.37. The second kappa shape index (κ2) is 6.25. The molecular formula is C14H17N3O4. The molecule has 0 fully saturated rings. The molecule has 0 saturated carbocycles. The highest BCUT2D eigenvalue weighted by atomic mass is 16.5. The van der Waals surface area contributed by atoms with Crippen LogP contribution in [0.25, 0.3) is 10.9 Å². The number of ether oxygens (including phenoxy) is 1. The summed E-state index contributed by atoms with van der Waals surface area (Å²) in [4.78, 5) is 23.1. The van der Waals surface area contributed by atoms with Crippen LogP contribution >= 0.6 is 0 Å². The van der Waals surface area contributed by atoms with E-state index in [1.807, 2.05) is 6.92 Å². The number of amides is 1. The number of carbonyl (C=O) groups excluding carboxylic acids is 2. The fourth-order valence-electron chi connectivity index (χ4n) is 1.96. The van der Waals surface area contributed by atoms with Crippen molar-refractivity contribution < 1.29 is 19.4 Å². The number of nitrogens with two attached hydrogens (primary N) is 1. The summed E-state index contributed by atoms with van der Waals surface area (Å²) in [6.45, 7) is 2.20. The number of carbonyl (C=O) groups is 2. The molecule has 21 heavy (non-hydrogen) atoms. The molecule has 0 bridgehead atoms. The van der Waals surface area contributed by atoms with Crippen LogP contribution in [0.4, 0.5) is 0 Å². The van der Waals surface area contributed by atoms with Crippen molar-refractivity contribution >= 4 is 22.8 Å². The van der Waals surface area contributed by atoms with Gasteiger partial charge in [-0.05, 0) is 18.6 Å². The van der Waals surface area contributed by atoms with Gasteiger partial charge in [0.05, 0.1) is 12.1 Å². The van der Waals surface area contributed by atoms with Gasteiger partial charge in [0.25, 0.3) is 5.91 Å². The van der Waals surface area contributed by atoms with Gasteiger partial charge in [0, 0.05) is 11.5 Å². The first-order valence-corrected chi connectivity index (χ1v) is 6.68. The Balaban J connectivity index is 2.28. The lowest BCUT2D eigenvalue weighted by Gasteiger charge is -2.05. The van der Waals surface area contributed by atoms with Gasteiger partial charge in [-0.2, -0.15) is 5.10 Å². The van der Waals surface area contributed by atoms with Crippen molar-refractivity contribution in [3.8, 4) is 5.75 Å². The largest absolute Gasteiger partial charge is 0.508 e. The maximum Gasteiger partial charge on any atom is 0.327 e. The fourth-order valence-corrected chi connectivity index (χ4v) is 1.96. The monoisotopic (exact) mass is 291 g/mol. The number of aromatic nitrogens is 2. The Morgan fingerprint density at radius 3 is 2.86 bits per heavy atom. The van der Waals surface area contributed by atoms with E-state index in [-0.39, 0.29) is 18.0 Å². The minimum absolute atomic E-state index is 0.0130. The molecule has 0 radical (unpaired) electrons. The molecule has 0 aliphatic carbocycles. The lowest BCUT2D eigenvalue weighted by Crippen LogP contribution is -2.17. The van der Waals surface area contributed by atoms with Crippen LogP contribution in [0.3, 0.4) is 0 Å². The predicted octanol–water partition coefficient (Wildman–Crippen LogP) is 1.18. The molecule has 7 nitrogen and oxygen atoms in total. The normalized spacial score (nSPS) is 10.7. The van der Waals surface area contributed by atoms with Gasteiger partial charge in [-0.1, -0.05) is 13.3 Å². The molecule has 0 unspecified atom stereocenters. The van der Waals surface area contributed by atoms with Crippen molar-refractivity contribution in [2.45, 2.75) is 26.3 Å². The number of esters is 1. The predicted molar refractivity (Wildman–Crippen MR) is 75.8 cm³/mol. The molecule has 1 heterocycles. The van der Waals surface area contributed by atoms with E-state index >= 15 is 0 Å². The lowest BCUT2D eigenvalue weighted by atomic mass is 10.2. The Labute approximate surface area is 121 Å². The smallest absolute Gasteiger partial charge is 0.327 e. The van der Waals surface area contributed by atoms with E-state index in [0.29, 0.717) is 17.5 Å².